The molecule has 0 bridgehead atoms. The molecule has 0 aliphatic carbocycles. The highest BCUT2D eigenvalue weighted by molar-refractivity contribution is 5.45. The van der Waals surface area contributed by atoms with Crippen LogP contribution in [0.5, 0.6) is 11.5 Å². The average Bonchev–Trinajstić information content (AvgIpc) is 2.31. The smallest absolute Gasteiger partial charge is 0.162 e. The molecular formula is C12H19NO3. The maximum Gasteiger partial charge on any atom is 0.162 e. The Kier molecular flexibility index (Phi) is 5.67. The molecule has 0 atom stereocenters. The molecule has 0 fully saturated rings. The third-order valence-corrected chi connectivity index (χ3v) is 2.32. The van der Waals surface area contributed by atoms with Crippen LogP contribution in [0.4, 0.5) is 0 Å². The zero-order valence-electron chi connectivity index (χ0n) is 9.82. The fourth-order valence-electron chi connectivity index (χ4n) is 1.44. The lowest BCUT2D eigenvalue weighted by Crippen LogP contribution is -2.16. The first kappa shape index (κ1) is 12.8. The molecule has 2 N–H and O–H groups in total. The highest BCUT2D eigenvalue weighted by Gasteiger charge is 2.05. The van der Waals surface area contributed by atoms with Gasteiger partial charge in [-0.15, -0.1) is 0 Å². The van der Waals surface area contributed by atoms with Crippen molar-refractivity contribution >= 4 is 0 Å². The lowest BCUT2D eigenvalue weighted by molar-refractivity contribution is 0.194. The number of phenols is 1. The van der Waals surface area contributed by atoms with Crippen molar-refractivity contribution in [3.8, 4) is 11.5 Å². The predicted molar refractivity (Wildman–Crippen MR) is 62.9 cm³/mol. The minimum absolute atomic E-state index is 0.212. The third-order valence-electron chi connectivity index (χ3n) is 2.32. The number of rotatable bonds is 7. The number of phenolic OH excluding ortho intramolecular Hbond substituents is 1. The number of hydrogen-bond donors (Lipinski definition) is 2. The maximum atomic E-state index is 9.80. The maximum absolute atomic E-state index is 9.80. The minimum atomic E-state index is 0.212. The van der Waals surface area contributed by atoms with E-state index in [1.165, 1.54) is 0 Å². The first-order valence-corrected chi connectivity index (χ1v) is 5.34. The first-order valence-electron chi connectivity index (χ1n) is 5.34. The van der Waals surface area contributed by atoms with Crippen molar-refractivity contribution in [2.45, 2.75) is 13.0 Å². The summed E-state index contributed by atoms with van der Waals surface area (Å²) in [6.45, 7) is 2.24. The molecule has 1 aromatic rings. The van der Waals surface area contributed by atoms with Gasteiger partial charge < -0.3 is 19.9 Å². The summed E-state index contributed by atoms with van der Waals surface area (Å²) in [6.07, 6.45) is 0.960. The summed E-state index contributed by atoms with van der Waals surface area (Å²) in [5, 5.41) is 13.0. The lowest BCUT2D eigenvalue weighted by Gasteiger charge is -2.09. The number of hydrogen-bond acceptors (Lipinski definition) is 4. The molecule has 0 aliphatic rings. The van der Waals surface area contributed by atoms with Gasteiger partial charge in [0.2, 0.25) is 0 Å². The van der Waals surface area contributed by atoms with E-state index in [2.05, 4.69) is 5.32 Å². The molecule has 0 saturated carbocycles. The van der Waals surface area contributed by atoms with Crippen LogP contribution in [0.3, 0.4) is 0 Å². The van der Waals surface area contributed by atoms with Gasteiger partial charge >= 0.3 is 0 Å². The zero-order chi connectivity index (χ0) is 11.8. The molecule has 0 heterocycles. The van der Waals surface area contributed by atoms with Gasteiger partial charge in [0.1, 0.15) is 0 Å². The topological polar surface area (TPSA) is 50.7 Å². The van der Waals surface area contributed by atoms with E-state index in [-0.39, 0.29) is 5.75 Å². The fraction of sp³-hybridized carbons (Fsp3) is 0.500. The van der Waals surface area contributed by atoms with Crippen molar-refractivity contribution in [1.29, 1.82) is 0 Å². The second kappa shape index (κ2) is 7.09. The number of ether oxygens (including phenoxy) is 2. The Morgan fingerprint density at radius 1 is 1.31 bits per heavy atom. The molecular weight excluding hydrogens is 206 g/mol. The Morgan fingerprint density at radius 3 is 2.81 bits per heavy atom. The monoisotopic (exact) mass is 225 g/mol. The van der Waals surface area contributed by atoms with E-state index in [0.717, 1.165) is 25.1 Å². The van der Waals surface area contributed by atoms with Crippen molar-refractivity contribution in [3.05, 3.63) is 23.8 Å². The summed E-state index contributed by atoms with van der Waals surface area (Å²) in [6, 6.07) is 5.48. The fourth-order valence-corrected chi connectivity index (χ4v) is 1.44. The van der Waals surface area contributed by atoms with E-state index in [9.17, 15) is 5.11 Å². The Morgan fingerprint density at radius 2 is 2.12 bits per heavy atom. The number of aromatic hydroxyl groups is 1. The van der Waals surface area contributed by atoms with Crippen LogP contribution in [-0.4, -0.2) is 32.5 Å². The normalized spacial score (nSPS) is 10.4. The largest absolute Gasteiger partial charge is 0.504 e. The van der Waals surface area contributed by atoms with Crippen molar-refractivity contribution in [2.75, 3.05) is 27.4 Å². The zero-order valence-corrected chi connectivity index (χ0v) is 9.82. The molecule has 0 unspecified atom stereocenters. The highest BCUT2D eigenvalue weighted by atomic mass is 16.5. The van der Waals surface area contributed by atoms with Crippen LogP contribution in [0, 0.1) is 0 Å². The molecule has 1 rings (SSSR count). The van der Waals surface area contributed by atoms with Gasteiger partial charge in [0.05, 0.1) is 7.11 Å². The molecule has 4 heteroatoms. The quantitative estimate of drug-likeness (QED) is 0.691. The van der Waals surface area contributed by atoms with Gasteiger partial charge in [-0.2, -0.15) is 0 Å². The molecule has 1 aromatic carbocycles. The van der Waals surface area contributed by atoms with Gasteiger partial charge in [0, 0.05) is 25.8 Å². The Labute approximate surface area is 96.2 Å². The summed E-state index contributed by atoms with van der Waals surface area (Å²) < 4.78 is 9.98. The second-order valence-corrected chi connectivity index (χ2v) is 3.49. The van der Waals surface area contributed by atoms with Crippen LogP contribution >= 0.6 is 0 Å². The minimum Gasteiger partial charge on any atom is -0.504 e. The van der Waals surface area contributed by atoms with Gasteiger partial charge in [0.15, 0.2) is 11.5 Å². The summed E-state index contributed by atoms with van der Waals surface area (Å²) in [4.78, 5) is 0. The number of benzene rings is 1. The molecule has 0 aliphatic heterocycles. The SMILES string of the molecule is COCCCNCc1cccc(OC)c1O. The molecule has 90 valence electrons. The standard InChI is InChI=1S/C12H19NO3/c1-15-8-4-7-13-9-10-5-3-6-11(16-2)12(10)14/h3,5-6,13-14H,4,7-9H2,1-2H3. The van der Waals surface area contributed by atoms with Gasteiger partial charge in [-0.3, -0.25) is 0 Å². The number of nitrogens with one attached hydrogen (secondary N) is 1. The van der Waals surface area contributed by atoms with Crippen molar-refractivity contribution in [1.82, 2.24) is 5.32 Å². The summed E-state index contributed by atoms with van der Waals surface area (Å²) in [7, 11) is 3.23. The van der Waals surface area contributed by atoms with Gasteiger partial charge in [0.25, 0.3) is 0 Å². The van der Waals surface area contributed by atoms with Gasteiger partial charge in [-0.25, -0.2) is 0 Å². The van der Waals surface area contributed by atoms with E-state index in [1.54, 1.807) is 20.3 Å². The Balaban J connectivity index is 2.41. The molecule has 16 heavy (non-hydrogen) atoms. The van der Waals surface area contributed by atoms with Crippen molar-refractivity contribution in [2.24, 2.45) is 0 Å². The third kappa shape index (κ3) is 3.72. The number of para-hydroxylation sites is 1. The first-order chi connectivity index (χ1) is 7.79. The van der Waals surface area contributed by atoms with E-state index in [4.69, 9.17) is 9.47 Å². The van der Waals surface area contributed by atoms with Crippen LogP contribution < -0.4 is 10.1 Å². The molecule has 0 aromatic heterocycles. The predicted octanol–water partition coefficient (Wildman–Crippen LogP) is 1.53. The molecule has 0 amide bonds. The molecule has 0 spiro atoms. The molecule has 0 saturated heterocycles. The van der Waals surface area contributed by atoms with Gasteiger partial charge in [-0.1, -0.05) is 12.1 Å². The van der Waals surface area contributed by atoms with Crippen LogP contribution in [0.15, 0.2) is 18.2 Å². The second-order valence-electron chi connectivity index (χ2n) is 3.49. The van der Waals surface area contributed by atoms with E-state index in [1.807, 2.05) is 12.1 Å². The van der Waals surface area contributed by atoms with Crippen LogP contribution in [0.2, 0.25) is 0 Å². The van der Waals surface area contributed by atoms with Crippen LogP contribution in [0.1, 0.15) is 12.0 Å². The van der Waals surface area contributed by atoms with Crippen LogP contribution in [-0.2, 0) is 11.3 Å². The average molecular weight is 225 g/mol. The van der Waals surface area contributed by atoms with Crippen molar-refractivity contribution < 1.29 is 14.6 Å². The Hall–Kier alpha value is -1.26. The number of methoxy groups -OCH3 is 2. The summed E-state index contributed by atoms with van der Waals surface area (Å²) in [5.41, 5.74) is 0.844. The van der Waals surface area contributed by atoms with E-state index in [0.29, 0.717) is 12.3 Å². The van der Waals surface area contributed by atoms with Gasteiger partial charge in [-0.05, 0) is 19.0 Å². The van der Waals surface area contributed by atoms with E-state index >= 15 is 0 Å². The lowest BCUT2D eigenvalue weighted by atomic mass is 10.2. The Bertz CT molecular complexity index is 315. The van der Waals surface area contributed by atoms with E-state index < -0.39 is 0 Å². The highest BCUT2D eigenvalue weighted by Crippen LogP contribution is 2.28. The van der Waals surface area contributed by atoms with Crippen molar-refractivity contribution in [3.63, 3.8) is 0 Å². The van der Waals surface area contributed by atoms with Crippen LogP contribution in [0.25, 0.3) is 0 Å². The summed E-state index contributed by atoms with van der Waals surface area (Å²) in [5.74, 6) is 0.723. The molecule has 4 nitrogen and oxygen atoms in total. The summed E-state index contributed by atoms with van der Waals surface area (Å²) >= 11 is 0. The molecule has 0 radical (unpaired) electrons.